The molecule has 1 aliphatic heterocycles. The average molecular weight is 433 g/mol. The highest BCUT2D eigenvalue weighted by molar-refractivity contribution is 7.16. The van der Waals surface area contributed by atoms with E-state index in [0.717, 1.165) is 15.1 Å². The molecule has 0 N–H and O–H groups in total. The van der Waals surface area contributed by atoms with Crippen LogP contribution in [-0.4, -0.2) is 59.5 Å². The third-order valence-electron chi connectivity index (χ3n) is 4.53. The van der Waals surface area contributed by atoms with Crippen molar-refractivity contribution in [3.63, 3.8) is 0 Å². The SMILES string of the molecule is CCOCCn1c(=NC(=O)CN2C(=O)CCC2=O)sc2cc(C(=O)OCC)ccc21. The average Bonchev–Trinajstić information content (AvgIpc) is 3.22. The van der Waals surface area contributed by atoms with E-state index in [1.54, 1.807) is 25.1 Å². The van der Waals surface area contributed by atoms with E-state index in [0.29, 0.717) is 30.1 Å². The summed E-state index contributed by atoms with van der Waals surface area (Å²) in [4.78, 5) is 53.5. The topological polar surface area (TPSA) is 107 Å². The van der Waals surface area contributed by atoms with Crippen molar-refractivity contribution in [3.05, 3.63) is 28.6 Å². The van der Waals surface area contributed by atoms with Gasteiger partial charge in [0.25, 0.3) is 5.91 Å². The predicted molar refractivity (Wildman–Crippen MR) is 109 cm³/mol. The van der Waals surface area contributed by atoms with Gasteiger partial charge in [0.05, 0.1) is 29.0 Å². The molecule has 3 amide bonds. The first-order valence-electron chi connectivity index (χ1n) is 9.73. The minimum atomic E-state index is -0.582. The minimum absolute atomic E-state index is 0.125. The molecule has 0 bridgehead atoms. The Kier molecular flexibility index (Phi) is 7.11. The van der Waals surface area contributed by atoms with Gasteiger partial charge in [-0.3, -0.25) is 19.3 Å². The number of hydrogen-bond acceptors (Lipinski definition) is 7. The number of carbonyl (C=O) groups is 4. The molecule has 0 atom stereocenters. The van der Waals surface area contributed by atoms with Gasteiger partial charge in [-0.25, -0.2) is 4.79 Å². The van der Waals surface area contributed by atoms with Crippen LogP contribution < -0.4 is 4.80 Å². The van der Waals surface area contributed by atoms with E-state index >= 15 is 0 Å². The molecular weight excluding hydrogens is 410 g/mol. The molecule has 3 rings (SSSR count). The van der Waals surface area contributed by atoms with E-state index in [-0.39, 0.29) is 37.8 Å². The summed E-state index contributed by atoms with van der Waals surface area (Å²) < 4.78 is 13.1. The zero-order chi connectivity index (χ0) is 21.7. The molecule has 2 aromatic rings. The van der Waals surface area contributed by atoms with Crippen molar-refractivity contribution in [3.8, 4) is 0 Å². The van der Waals surface area contributed by atoms with Gasteiger partial charge >= 0.3 is 5.97 Å². The zero-order valence-electron chi connectivity index (χ0n) is 16.9. The predicted octanol–water partition coefficient (Wildman–Crippen LogP) is 1.49. The number of hydrogen-bond donors (Lipinski definition) is 0. The summed E-state index contributed by atoms with van der Waals surface area (Å²) in [7, 11) is 0. The van der Waals surface area contributed by atoms with Crippen molar-refractivity contribution < 1.29 is 28.7 Å². The molecule has 0 unspecified atom stereocenters. The van der Waals surface area contributed by atoms with Crippen LogP contribution in [0.2, 0.25) is 0 Å². The fraction of sp³-hybridized carbons (Fsp3) is 0.450. The quantitative estimate of drug-likeness (QED) is 0.355. The Morgan fingerprint density at radius 1 is 1.13 bits per heavy atom. The molecule has 0 aliphatic carbocycles. The van der Waals surface area contributed by atoms with Crippen LogP contribution in [0.5, 0.6) is 0 Å². The van der Waals surface area contributed by atoms with E-state index in [1.165, 1.54) is 11.3 Å². The number of likely N-dealkylation sites (tertiary alicyclic amines) is 1. The van der Waals surface area contributed by atoms with Crippen LogP contribution in [0.25, 0.3) is 10.2 Å². The summed E-state index contributed by atoms with van der Waals surface area (Å²) in [6.45, 7) is 4.97. The Hall–Kier alpha value is -2.85. The second kappa shape index (κ2) is 9.77. The Morgan fingerprint density at radius 2 is 1.87 bits per heavy atom. The lowest BCUT2D eigenvalue weighted by atomic mass is 10.2. The van der Waals surface area contributed by atoms with Crippen LogP contribution in [-0.2, 0) is 30.4 Å². The van der Waals surface area contributed by atoms with Gasteiger partial charge in [0.2, 0.25) is 11.8 Å². The summed E-state index contributed by atoms with van der Waals surface area (Å²) in [5.74, 6) is -1.72. The number of amides is 3. The number of imide groups is 1. The van der Waals surface area contributed by atoms with Gasteiger partial charge in [-0.15, -0.1) is 0 Å². The maximum Gasteiger partial charge on any atom is 0.338 e. The van der Waals surface area contributed by atoms with E-state index in [9.17, 15) is 19.2 Å². The normalized spacial score (nSPS) is 14.7. The van der Waals surface area contributed by atoms with Gasteiger partial charge < -0.3 is 14.0 Å². The van der Waals surface area contributed by atoms with E-state index < -0.39 is 11.9 Å². The fourth-order valence-corrected chi connectivity index (χ4v) is 4.21. The van der Waals surface area contributed by atoms with E-state index in [1.807, 2.05) is 11.5 Å². The number of fused-ring (bicyclic) bond motifs is 1. The second-order valence-corrected chi connectivity index (χ2v) is 7.52. The highest BCUT2D eigenvalue weighted by Crippen LogP contribution is 2.20. The molecule has 1 aromatic heterocycles. The first-order valence-corrected chi connectivity index (χ1v) is 10.5. The third kappa shape index (κ3) is 4.82. The lowest BCUT2D eigenvalue weighted by molar-refractivity contribution is -0.141. The number of esters is 1. The summed E-state index contributed by atoms with van der Waals surface area (Å²) in [6.07, 6.45) is 0.250. The third-order valence-corrected chi connectivity index (χ3v) is 5.57. The van der Waals surface area contributed by atoms with Crippen molar-refractivity contribution in [1.82, 2.24) is 9.47 Å². The summed E-state index contributed by atoms with van der Waals surface area (Å²) in [6, 6.07) is 5.14. The van der Waals surface area contributed by atoms with E-state index in [4.69, 9.17) is 9.47 Å². The molecule has 1 aromatic carbocycles. The Bertz CT molecular complexity index is 1040. The number of thiazole rings is 1. The Morgan fingerprint density at radius 3 is 2.53 bits per heavy atom. The van der Waals surface area contributed by atoms with Crippen molar-refractivity contribution >= 4 is 45.2 Å². The van der Waals surface area contributed by atoms with Gasteiger partial charge in [0.15, 0.2) is 4.80 Å². The van der Waals surface area contributed by atoms with Crippen molar-refractivity contribution in [2.45, 2.75) is 33.2 Å². The number of nitrogens with zero attached hydrogens (tertiary/aromatic N) is 3. The molecule has 30 heavy (non-hydrogen) atoms. The molecule has 0 radical (unpaired) electrons. The number of carbonyl (C=O) groups excluding carboxylic acids is 4. The van der Waals surface area contributed by atoms with Crippen LogP contribution in [0, 0.1) is 0 Å². The van der Waals surface area contributed by atoms with Gasteiger partial charge in [-0.05, 0) is 32.0 Å². The molecule has 10 heteroatoms. The van der Waals surface area contributed by atoms with Gasteiger partial charge in [-0.1, -0.05) is 11.3 Å². The zero-order valence-corrected chi connectivity index (χ0v) is 17.7. The molecule has 1 aliphatic rings. The van der Waals surface area contributed by atoms with Gasteiger partial charge in [0.1, 0.15) is 6.54 Å². The first-order chi connectivity index (χ1) is 14.4. The second-order valence-electron chi connectivity index (χ2n) is 6.52. The number of ether oxygens (including phenoxy) is 2. The number of benzene rings is 1. The largest absolute Gasteiger partial charge is 0.462 e. The first kappa shape index (κ1) is 21.8. The summed E-state index contributed by atoms with van der Waals surface area (Å²) >= 11 is 1.24. The molecule has 2 heterocycles. The highest BCUT2D eigenvalue weighted by Gasteiger charge is 2.30. The maximum atomic E-state index is 12.5. The lowest BCUT2D eigenvalue weighted by Gasteiger charge is -2.10. The summed E-state index contributed by atoms with van der Waals surface area (Å²) in [5.41, 5.74) is 1.21. The highest BCUT2D eigenvalue weighted by atomic mass is 32.1. The lowest BCUT2D eigenvalue weighted by Crippen LogP contribution is -2.34. The maximum absolute atomic E-state index is 12.5. The molecule has 160 valence electrons. The Balaban J connectivity index is 1.95. The Labute approximate surface area is 176 Å². The molecular formula is C20H23N3O6S. The van der Waals surface area contributed by atoms with Crippen molar-refractivity contribution in [1.29, 1.82) is 0 Å². The smallest absolute Gasteiger partial charge is 0.338 e. The monoisotopic (exact) mass is 433 g/mol. The fourth-order valence-electron chi connectivity index (χ4n) is 3.09. The molecule has 9 nitrogen and oxygen atoms in total. The molecule has 1 fully saturated rings. The molecule has 0 saturated carbocycles. The number of aromatic nitrogens is 1. The van der Waals surface area contributed by atoms with E-state index in [2.05, 4.69) is 4.99 Å². The minimum Gasteiger partial charge on any atom is -0.462 e. The van der Waals surface area contributed by atoms with Gasteiger partial charge in [-0.2, -0.15) is 4.99 Å². The molecule has 0 spiro atoms. The van der Waals surface area contributed by atoms with Crippen LogP contribution in [0.3, 0.4) is 0 Å². The van der Waals surface area contributed by atoms with Crippen LogP contribution in [0.1, 0.15) is 37.0 Å². The van der Waals surface area contributed by atoms with Crippen molar-refractivity contribution in [2.24, 2.45) is 4.99 Å². The standard InChI is InChI=1S/C20H23N3O6S/c1-3-28-10-9-22-14-6-5-13(19(27)29-4-2)11-15(14)30-20(22)21-16(24)12-23-17(25)7-8-18(23)26/h5-6,11H,3-4,7-10,12H2,1-2H3. The van der Waals surface area contributed by atoms with Crippen molar-refractivity contribution in [2.75, 3.05) is 26.4 Å². The van der Waals surface area contributed by atoms with Crippen LogP contribution in [0.15, 0.2) is 23.2 Å². The van der Waals surface area contributed by atoms with Crippen LogP contribution >= 0.6 is 11.3 Å². The van der Waals surface area contributed by atoms with Gasteiger partial charge in [0, 0.05) is 26.0 Å². The molecule has 1 saturated heterocycles. The number of rotatable bonds is 8. The van der Waals surface area contributed by atoms with Crippen LogP contribution in [0.4, 0.5) is 0 Å². The summed E-state index contributed by atoms with van der Waals surface area (Å²) in [5, 5.41) is 0.